The standard InChI is InChI=1S/C15H25N3O3/c1-4-21-15(19)12-6-5-7-13(14(12)16)17-8-10-20-11-9-18(2)3/h5-7,17H,4,8-11,16H2,1-3H3. The van der Waals surface area contributed by atoms with Crippen LogP contribution < -0.4 is 11.1 Å². The molecule has 0 fully saturated rings. The Bertz CT molecular complexity index is 450. The highest BCUT2D eigenvalue weighted by Gasteiger charge is 2.12. The molecule has 0 bridgehead atoms. The van der Waals surface area contributed by atoms with Crippen LogP contribution in [0.5, 0.6) is 0 Å². The third-order valence-corrected chi connectivity index (χ3v) is 2.85. The molecule has 0 saturated carbocycles. The molecule has 1 aromatic carbocycles. The maximum atomic E-state index is 11.7. The molecule has 0 amide bonds. The van der Waals surface area contributed by atoms with Crippen molar-refractivity contribution in [3.05, 3.63) is 23.8 Å². The summed E-state index contributed by atoms with van der Waals surface area (Å²) in [5.41, 5.74) is 7.49. The van der Waals surface area contributed by atoms with Gasteiger partial charge in [0, 0.05) is 13.1 Å². The highest BCUT2D eigenvalue weighted by molar-refractivity contribution is 5.98. The fraction of sp³-hybridized carbons (Fsp3) is 0.533. The summed E-state index contributed by atoms with van der Waals surface area (Å²) in [7, 11) is 4.01. The number of hydrogen-bond donors (Lipinski definition) is 2. The van der Waals surface area contributed by atoms with Crippen LogP contribution in [0.1, 0.15) is 17.3 Å². The monoisotopic (exact) mass is 295 g/mol. The number of carbonyl (C=O) groups excluding carboxylic acids is 1. The van der Waals surface area contributed by atoms with E-state index < -0.39 is 5.97 Å². The van der Waals surface area contributed by atoms with Gasteiger partial charge in [-0.1, -0.05) is 6.07 Å². The summed E-state index contributed by atoms with van der Waals surface area (Å²) >= 11 is 0. The molecule has 0 spiro atoms. The van der Waals surface area contributed by atoms with Crippen molar-refractivity contribution in [3.63, 3.8) is 0 Å². The van der Waals surface area contributed by atoms with Gasteiger partial charge in [0.15, 0.2) is 0 Å². The van der Waals surface area contributed by atoms with E-state index in [4.69, 9.17) is 15.2 Å². The Balaban J connectivity index is 2.45. The smallest absolute Gasteiger partial charge is 0.340 e. The first-order valence-corrected chi connectivity index (χ1v) is 7.08. The van der Waals surface area contributed by atoms with Crippen LogP contribution in [-0.4, -0.2) is 57.9 Å². The first-order chi connectivity index (χ1) is 10.1. The van der Waals surface area contributed by atoms with E-state index in [0.29, 0.717) is 37.6 Å². The summed E-state index contributed by atoms with van der Waals surface area (Å²) in [5.74, 6) is -0.402. The van der Waals surface area contributed by atoms with Gasteiger partial charge in [-0.3, -0.25) is 0 Å². The van der Waals surface area contributed by atoms with E-state index in [2.05, 4.69) is 10.2 Å². The van der Waals surface area contributed by atoms with E-state index in [1.54, 1.807) is 19.1 Å². The van der Waals surface area contributed by atoms with E-state index in [9.17, 15) is 4.79 Å². The van der Waals surface area contributed by atoms with Crippen molar-refractivity contribution < 1.29 is 14.3 Å². The average Bonchev–Trinajstić information content (AvgIpc) is 2.44. The maximum Gasteiger partial charge on any atom is 0.340 e. The predicted molar refractivity (Wildman–Crippen MR) is 84.7 cm³/mol. The van der Waals surface area contributed by atoms with E-state index in [0.717, 1.165) is 12.2 Å². The molecular formula is C15H25N3O3. The molecule has 0 aliphatic rings. The zero-order valence-corrected chi connectivity index (χ0v) is 13.0. The fourth-order valence-electron chi connectivity index (χ4n) is 1.71. The lowest BCUT2D eigenvalue weighted by molar-refractivity contribution is 0.0527. The SMILES string of the molecule is CCOC(=O)c1cccc(NCCOCCN(C)C)c1N. The third-order valence-electron chi connectivity index (χ3n) is 2.85. The summed E-state index contributed by atoms with van der Waals surface area (Å²) in [6.45, 7) is 4.88. The molecule has 0 aliphatic carbocycles. The molecule has 1 aromatic rings. The lowest BCUT2D eigenvalue weighted by Crippen LogP contribution is -2.20. The molecule has 21 heavy (non-hydrogen) atoms. The summed E-state index contributed by atoms with van der Waals surface area (Å²) < 4.78 is 10.5. The Morgan fingerprint density at radius 1 is 1.33 bits per heavy atom. The van der Waals surface area contributed by atoms with Gasteiger partial charge in [-0.25, -0.2) is 4.79 Å². The molecule has 0 heterocycles. The Morgan fingerprint density at radius 3 is 2.76 bits per heavy atom. The predicted octanol–water partition coefficient (Wildman–Crippen LogP) is 1.44. The molecule has 0 atom stereocenters. The van der Waals surface area contributed by atoms with Crippen molar-refractivity contribution in [2.24, 2.45) is 0 Å². The minimum atomic E-state index is -0.402. The molecule has 6 heteroatoms. The first-order valence-electron chi connectivity index (χ1n) is 7.08. The second kappa shape index (κ2) is 9.20. The van der Waals surface area contributed by atoms with Gasteiger partial charge < -0.3 is 25.4 Å². The fourth-order valence-corrected chi connectivity index (χ4v) is 1.71. The van der Waals surface area contributed by atoms with Gasteiger partial charge in [-0.05, 0) is 33.2 Å². The van der Waals surface area contributed by atoms with Gasteiger partial charge in [-0.2, -0.15) is 0 Å². The number of nitrogens with one attached hydrogen (secondary N) is 1. The van der Waals surface area contributed by atoms with Gasteiger partial charge >= 0.3 is 5.97 Å². The number of rotatable bonds is 9. The molecule has 0 aromatic heterocycles. The van der Waals surface area contributed by atoms with Crippen LogP contribution in [0.2, 0.25) is 0 Å². The number of ether oxygens (including phenoxy) is 2. The summed E-state index contributed by atoms with van der Waals surface area (Å²) in [5, 5.41) is 3.17. The minimum Gasteiger partial charge on any atom is -0.462 e. The van der Waals surface area contributed by atoms with E-state index in [1.807, 2.05) is 20.2 Å². The molecule has 0 aliphatic heterocycles. The molecule has 6 nitrogen and oxygen atoms in total. The molecule has 0 unspecified atom stereocenters. The highest BCUT2D eigenvalue weighted by Crippen LogP contribution is 2.23. The lowest BCUT2D eigenvalue weighted by Gasteiger charge is -2.13. The van der Waals surface area contributed by atoms with Gasteiger partial charge in [0.1, 0.15) is 0 Å². The number of nitrogens with zero attached hydrogens (tertiary/aromatic N) is 1. The third kappa shape index (κ3) is 6.01. The average molecular weight is 295 g/mol. The lowest BCUT2D eigenvalue weighted by atomic mass is 10.1. The quantitative estimate of drug-likeness (QED) is 0.408. The summed E-state index contributed by atoms with van der Waals surface area (Å²) in [6.07, 6.45) is 0. The largest absolute Gasteiger partial charge is 0.462 e. The van der Waals surface area contributed by atoms with Gasteiger partial charge in [0.05, 0.1) is 36.8 Å². The van der Waals surface area contributed by atoms with E-state index in [-0.39, 0.29) is 0 Å². The number of nitrogens with two attached hydrogens (primary N) is 1. The molecule has 3 N–H and O–H groups in total. The second-order valence-corrected chi connectivity index (χ2v) is 4.83. The first kappa shape index (κ1) is 17.3. The number of carbonyl (C=O) groups is 1. The molecular weight excluding hydrogens is 270 g/mol. The molecule has 0 saturated heterocycles. The van der Waals surface area contributed by atoms with Crippen LogP contribution in [0.15, 0.2) is 18.2 Å². The number of esters is 1. The highest BCUT2D eigenvalue weighted by atomic mass is 16.5. The maximum absolute atomic E-state index is 11.7. The Morgan fingerprint density at radius 2 is 2.10 bits per heavy atom. The van der Waals surface area contributed by atoms with Crippen LogP contribution in [0.25, 0.3) is 0 Å². The van der Waals surface area contributed by atoms with E-state index in [1.165, 1.54) is 0 Å². The van der Waals surface area contributed by atoms with Gasteiger partial charge in [0.25, 0.3) is 0 Å². The second-order valence-electron chi connectivity index (χ2n) is 4.83. The van der Waals surface area contributed by atoms with Crippen LogP contribution in [-0.2, 0) is 9.47 Å². The molecule has 0 radical (unpaired) electrons. The number of anilines is 2. The molecule has 1 rings (SSSR count). The van der Waals surface area contributed by atoms with Crippen molar-refractivity contribution in [2.75, 3.05) is 58.1 Å². The van der Waals surface area contributed by atoms with Crippen LogP contribution in [0.3, 0.4) is 0 Å². The Kier molecular flexibility index (Phi) is 7.56. The summed E-state index contributed by atoms with van der Waals surface area (Å²) in [6, 6.07) is 5.27. The zero-order chi connectivity index (χ0) is 15.7. The van der Waals surface area contributed by atoms with Gasteiger partial charge in [0.2, 0.25) is 0 Å². The van der Waals surface area contributed by atoms with Crippen molar-refractivity contribution >= 4 is 17.3 Å². The van der Waals surface area contributed by atoms with E-state index >= 15 is 0 Å². The number of para-hydroxylation sites is 1. The topological polar surface area (TPSA) is 76.8 Å². The van der Waals surface area contributed by atoms with Crippen LogP contribution in [0, 0.1) is 0 Å². The number of benzene rings is 1. The summed E-state index contributed by atoms with van der Waals surface area (Å²) in [4.78, 5) is 13.8. The van der Waals surface area contributed by atoms with Crippen molar-refractivity contribution in [1.82, 2.24) is 4.90 Å². The van der Waals surface area contributed by atoms with Crippen LogP contribution in [0.4, 0.5) is 11.4 Å². The van der Waals surface area contributed by atoms with Crippen molar-refractivity contribution in [1.29, 1.82) is 0 Å². The Labute approximate surface area is 126 Å². The number of hydrogen-bond acceptors (Lipinski definition) is 6. The zero-order valence-electron chi connectivity index (χ0n) is 13.0. The van der Waals surface area contributed by atoms with Crippen molar-refractivity contribution in [3.8, 4) is 0 Å². The van der Waals surface area contributed by atoms with Crippen LogP contribution >= 0.6 is 0 Å². The number of nitrogen functional groups attached to an aromatic ring is 1. The minimum absolute atomic E-state index is 0.329. The van der Waals surface area contributed by atoms with Gasteiger partial charge in [-0.15, -0.1) is 0 Å². The Hall–Kier alpha value is -1.79. The van der Waals surface area contributed by atoms with Crippen molar-refractivity contribution in [2.45, 2.75) is 6.92 Å². The normalized spacial score (nSPS) is 10.7. The molecule has 118 valence electrons. The number of likely N-dealkylation sites (N-methyl/N-ethyl adjacent to an activating group) is 1.